The Bertz CT molecular complexity index is 979. The fourth-order valence-electron chi connectivity index (χ4n) is 2.12. The van der Waals surface area contributed by atoms with E-state index in [0.717, 1.165) is 0 Å². The van der Waals surface area contributed by atoms with Crippen molar-refractivity contribution in [2.45, 2.75) is 0 Å². The van der Waals surface area contributed by atoms with Crippen LogP contribution < -0.4 is 10.6 Å². The maximum atomic E-state index is 12.4. The lowest BCUT2D eigenvalue weighted by Gasteiger charge is -2.08. The van der Waals surface area contributed by atoms with Crippen molar-refractivity contribution >= 4 is 46.4 Å². The zero-order valence-electron chi connectivity index (χ0n) is 13.2. The normalized spacial score (nSPS) is 10.0. The summed E-state index contributed by atoms with van der Waals surface area (Å²) in [5.74, 6) is -0.167. The Balaban J connectivity index is 1.75. The third-order valence-corrected chi connectivity index (χ3v) is 3.72. The molecule has 0 aliphatic heterocycles. The number of amides is 1. The predicted octanol–water partition coefficient (Wildman–Crippen LogP) is 4.65. The van der Waals surface area contributed by atoms with Gasteiger partial charge in [-0.25, -0.2) is 9.97 Å². The molecule has 0 unspecified atom stereocenters. The second kappa shape index (κ2) is 7.83. The molecule has 0 radical (unpaired) electrons. The second-order valence-corrected chi connectivity index (χ2v) is 6.06. The molecule has 128 valence electrons. The van der Waals surface area contributed by atoms with Crippen molar-refractivity contribution in [1.29, 1.82) is 5.26 Å². The van der Waals surface area contributed by atoms with E-state index in [-0.39, 0.29) is 11.6 Å². The van der Waals surface area contributed by atoms with Gasteiger partial charge in [0, 0.05) is 27.6 Å². The molecule has 0 saturated carbocycles. The highest BCUT2D eigenvalue weighted by Crippen LogP contribution is 2.23. The molecule has 1 aromatic heterocycles. The number of halogens is 2. The van der Waals surface area contributed by atoms with Crippen LogP contribution in [-0.2, 0) is 0 Å². The van der Waals surface area contributed by atoms with Crippen LogP contribution in [0.15, 0.2) is 54.7 Å². The van der Waals surface area contributed by atoms with Gasteiger partial charge in [-0.15, -0.1) is 0 Å². The first-order valence-corrected chi connectivity index (χ1v) is 8.17. The Morgan fingerprint density at radius 3 is 2.35 bits per heavy atom. The first kappa shape index (κ1) is 17.7. The lowest BCUT2D eigenvalue weighted by Crippen LogP contribution is -2.14. The van der Waals surface area contributed by atoms with E-state index in [9.17, 15) is 4.79 Å². The minimum absolute atomic E-state index is 0.173. The molecule has 0 aliphatic rings. The maximum absolute atomic E-state index is 12.4. The quantitative estimate of drug-likeness (QED) is 0.683. The smallest absolute Gasteiger partial charge is 0.274 e. The minimum Gasteiger partial charge on any atom is -0.324 e. The highest BCUT2D eigenvalue weighted by Gasteiger charge is 2.10. The summed E-state index contributed by atoms with van der Waals surface area (Å²) in [4.78, 5) is 20.6. The molecule has 2 N–H and O–H groups in total. The van der Waals surface area contributed by atoms with Crippen molar-refractivity contribution in [1.82, 2.24) is 9.97 Å². The van der Waals surface area contributed by atoms with Gasteiger partial charge in [-0.1, -0.05) is 23.2 Å². The van der Waals surface area contributed by atoms with Gasteiger partial charge in [-0.2, -0.15) is 5.26 Å². The maximum Gasteiger partial charge on any atom is 0.274 e. The first-order valence-electron chi connectivity index (χ1n) is 7.41. The second-order valence-electron chi connectivity index (χ2n) is 5.19. The van der Waals surface area contributed by atoms with Gasteiger partial charge in [0.2, 0.25) is 5.95 Å². The van der Waals surface area contributed by atoms with E-state index in [4.69, 9.17) is 28.5 Å². The van der Waals surface area contributed by atoms with E-state index in [1.54, 1.807) is 42.5 Å². The third-order valence-electron chi connectivity index (χ3n) is 3.28. The van der Waals surface area contributed by atoms with Crippen LogP contribution in [-0.4, -0.2) is 15.9 Å². The van der Waals surface area contributed by atoms with Crippen molar-refractivity contribution in [3.8, 4) is 6.07 Å². The van der Waals surface area contributed by atoms with E-state index in [1.165, 1.54) is 12.3 Å². The molecular formula is C18H11Cl2N5O. The van der Waals surface area contributed by atoms with E-state index < -0.39 is 5.91 Å². The molecule has 0 spiro atoms. The summed E-state index contributed by atoms with van der Waals surface area (Å²) >= 11 is 11.9. The zero-order chi connectivity index (χ0) is 18.5. The summed E-state index contributed by atoms with van der Waals surface area (Å²) in [5, 5.41) is 15.3. The van der Waals surface area contributed by atoms with Crippen LogP contribution >= 0.6 is 23.2 Å². The molecule has 3 rings (SSSR count). The van der Waals surface area contributed by atoms with Gasteiger partial charge in [0.15, 0.2) is 0 Å². The molecule has 0 bridgehead atoms. The summed E-state index contributed by atoms with van der Waals surface area (Å²) in [5.41, 5.74) is 1.88. The third kappa shape index (κ3) is 4.48. The monoisotopic (exact) mass is 383 g/mol. The van der Waals surface area contributed by atoms with Crippen LogP contribution in [0.3, 0.4) is 0 Å². The van der Waals surface area contributed by atoms with E-state index in [2.05, 4.69) is 20.6 Å². The number of nitrogens with zero attached hydrogens (tertiary/aromatic N) is 3. The Morgan fingerprint density at radius 1 is 1.00 bits per heavy atom. The Kier molecular flexibility index (Phi) is 5.32. The number of hydrogen-bond donors (Lipinski definition) is 2. The Hall–Kier alpha value is -3.14. The Labute approximate surface area is 159 Å². The van der Waals surface area contributed by atoms with Crippen molar-refractivity contribution < 1.29 is 4.79 Å². The number of nitriles is 1. The van der Waals surface area contributed by atoms with Crippen LogP contribution in [0.5, 0.6) is 0 Å². The number of nitrogens with one attached hydrogen (secondary N) is 2. The molecule has 3 aromatic rings. The van der Waals surface area contributed by atoms with Gasteiger partial charge in [0.1, 0.15) is 5.69 Å². The van der Waals surface area contributed by atoms with Crippen molar-refractivity contribution in [2.75, 3.05) is 10.6 Å². The zero-order valence-corrected chi connectivity index (χ0v) is 14.7. The van der Waals surface area contributed by atoms with Crippen LogP contribution in [0.25, 0.3) is 0 Å². The van der Waals surface area contributed by atoms with Gasteiger partial charge in [0.25, 0.3) is 5.91 Å². The number of rotatable bonds is 4. The SMILES string of the molecule is N#Cc1ccc(Nc2nccc(C(=O)Nc3cc(Cl)cc(Cl)c3)n2)cc1. The number of hydrogen-bond acceptors (Lipinski definition) is 5. The largest absolute Gasteiger partial charge is 0.324 e. The number of anilines is 3. The minimum atomic E-state index is -0.423. The topological polar surface area (TPSA) is 90.7 Å². The fraction of sp³-hybridized carbons (Fsp3) is 0. The summed E-state index contributed by atoms with van der Waals surface area (Å²) in [6.45, 7) is 0. The summed E-state index contributed by atoms with van der Waals surface area (Å²) in [7, 11) is 0. The van der Waals surface area contributed by atoms with Gasteiger partial charge in [-0.3, -0.25) is 4.79 Å². The van der Waals surface area contributed by atoms with Crippen LogP contribution in [0, 0.1) is 11.3 Å². The summed E-state index contributed by atoms with van der Waals surface area (Å²) < 4.78 is 0. The lowest BCUT2D eigenvalue weighted by atomic mass is 10.2. The highest BCUT2D eigenvalue weighted by atomic mass is 35.5. The molecule has 8 heteroatoms. The number of aromatic nitrogens is 2. The Morgan fingerprint density at radius 2 is 1.69 bits per heavy atom. The number of carbonyl (C=O) groups is 1. The van der Waals surface area contributed by atoms with Gasteiger partial charge < -0.3 is 10.6 Å². The molecule has 0 atom stereocenters. The molecular weight excluding hydrogens is 373 g/mol. The summed E-state index contributed by atoms with van der Waals surface area (Å²) in [6, 6.07) is 15.1. The van der Waals surface area contributed by atoms with Crippen molar-refractivity contribution in [3.05, 3.63) is 76.0 Å². The molecule has 6 nitrogen and oxygen atoms in total. The van der Waals surface area contributed by atoms with Gasteiger partial charge >= 0.3 is 0 Å². The summed E-state index contributed by atoms with van der Waals surface area (Å²) in [6.07, 6.45) is 1.47. The van der Waals surface area contributed by atoms with E-state index in [1.807, 2.05) is 6.07 Å². The average molecular weight is 384 g/mol. The van der Waals surface area contributed by atoms with Crippen molar-refractivity contribution in [3.63, 3.8) is 0 Å². The average Bonchev–Trinajstić information content (AvgIpc) is 2.62. The van der Waals surface area contributed by atoms with Gasteiger partial charge in [0.05, 0.1) is 11.6 Å². The molecule has 0 fully saturated rings. The van der Waals surface area contributed by atoms with Gasteiger partial charge in [-0.05, 0) is 48.5 Å². The van der Waals surface area contributed by atoms with Crippen LogP contribution in [0.2, 0.25) is 10.0 Å². The van der Waals surface area contributed by atoms with Crippen LogP contribution in [0.4, 0.5) is 17.3 Å². The van der Waals surface area contributed by atoms with Crippen LogP contribution in [0.1, 0.15) is 16.1 Å². The molecule has 26 heavy (non-hydrogen) atoms. The first-order chi connectivity index (χ1) is 12.5. The molecule has 1 amide bonds. The standard InChI is InChI=1S/C18H11Cl2N5O/c19-12-7-13(20)9-15(8-12)23-17(26)16-5-6-22-18(25-16)24-14-3-1-11(10-21)2-4-14/h1-9H,(H,23,26)(H,22,24,25). The molecule has 1 heterocycles. The molecule has 0 aliphatic carbocycles. The highest BCUT2D eigenvalue weighted by molar-refractivity contribution is 6.35. The van der Waals surface area contributed by atoms with E-state index in [0.29, 0.717) is 27.0 Å². The number of carbonyl (C=O) groups excluding carboxylic acids is 1. The van der Waals surface area contributed by atoms with Crippen molar-refractivity contribution in [2.24, 2.45) is 0 Å². The fourth-order valence-corrected chi connectivity index (χ4v) is 2.65. The lowest BCUT2D eigenvalue weighted by molar-refractivity contribution is 0.102. The number of benzene rings is 2. The predicted molar refractivity (Wildman–Crippen MR) is 101 cm³/mol. The molecule has 2 aromatic carbocycles. The van der Waals surface area contributed by atoms with E-state index >= 15 is 0 Å². The molecule has 0 saturated heterocycles.